The highest BCUT2D eigenvalue weighted by molar-refractivity contribution is 5.96. The number of amides is 3. The van der Waals surface area contributed by atoms with Gasteiger partial charge in [-0.2, -0.15) is 13.2 Å². The van der Waals surface area contributed by atoms with E-state index in [9.17, 15) is 22.8 Å². The fourth-order valence-corrected chi connectivity index (χ4v) is 2.48. The molecular formula is C19H23F3N4O4. The molecule has 2 aromatic rings. The van der Waals surface area contributed by atoms with Crippen molar-refractivity contribution in [2.45, 2.75) is 26.4 Å². The zero-order chi connectivity index (χ0) is 22.1. The molecule has 30 heavy (non-hydrogen) atoms. The van der Waals surface area contributed by atoms with Crippen LogP contribution in [0.1, 0.15) is 24.7 Å². The minimum absolute atomic E-state index is 0.176. The first kappa shape index (κ1) is 23.2. The molecule has 0 atom stereocenters. The number of hydrogen-bond donors (Lipinski definition) is 2. The maximum atomic E-state index is 12.7. The van der Waals surface area contributed by atoms with E-state index in [-0.39, 0.29) is 24.6 Å². The largest absolute Gasteiger partial charge is 0.416 e. The van der Waals surface area contributed by atoms with Crippen LogP contribution in [0, 0.1) is 6.92 Å². The molecule has 0 saturated heterocycles. The molecule has 3 amide bonds. The predicted octanol–water partition coefficient (Wildman–Crippen LogP) is 3.90. The number of ether oxygens (including phenoxy) is 1. The first-order valence-corrected chi connectivity index (χ1v) is 9.23. The summed E-state index contributed by atoms with van der Waals surface area (Å²) in [5, 5.41) is 8.67. The van der Waals surface area contributed by atoms with Crippen molar-refractivity contribution < 1.29 is 32.0 Å². The summed E-state index contributed by atoms with van der Waals surface area (Å²) in [4.78, 5) is 26.1. The molecule has 0 spiro atoms. The molecule has 0 aliphatic heterocycles. The second-order valence-corrected chi connectivity index (χ2v) is 6.35. The first-order valence-electron chi connectivity index (χ1n) is 9.23. The van der Waals surface area contributed by atoms with Crippen LogP contribution in [-0.2, 0) is 15.7 Å². The van der Waals surface area contributed by atoms with E-state index in [0.717, 1.165) is 24.3 Å². The van der Waals surface area contributed by atoms with Crippen molar-refractivity contribution in [2.24, 2.45) is 0 Å². The second-order valence-electron chi connectivity index (χ2n) is 6.35. The van der Waals surface area contributed by atoms with Gasteiger partial charge in [0.25, 0.3) is 0 Å². The topological polar surface area (TPSA) is 96.7 Å². The molecule has 1 heterocycles. The summed E-state index contributed by atoms with van der Waals surface area (Å²) in [5.41, 5.74) is -0.647. The van der Waals surface area contributed by atoms with Crippen LogP contribution in [0.2, 0.25) is 0 Å². The number of hydrogen-bond acceptors (Lipinski definition) is 5. The Kier molecular flexibility index (Phi) is 8.22. The van der Waals surface area contributed by atoms with Crippen LogP contribution in [0.15, 0.2) is 34.9 Å². The van der Waals surface area contributed by atoms with Crippen molar-refractivity contribution >= 4 is 23.4 Å². The van der Waals surface area contributed by atoms with Crippen molar-refractivity contribution in [1.82, 2.24) is 10.1 Å². The minimum Gasteiger partial charge on any atom is -0.382 e. The van der Waals surface area contributed by atoms with Gasteiger partial charge in [-0.3, -0.25) is 4.79 Å². The van der Waals surface area contributed by atoms with Gasteiger partial charge in [-0.1, -0.05) is 5.16 Å². The molecule has 0 bridgehead atoms. The van der Waals surface area contributed by atoms with Crippen molar-refractivity contribution in [1.29, 1.82) is 0 Å². The van der Waals surface area contributed by atoms with Gasteiger partial charge in [-0.05, 0) is 44.5 Å². The molecule has 0 aliphatic rings. The highest BCUT2D eigenvalue weighted by atomic mass is 19.4. The summed E-state index contributed by atoms with van der Waals surface area (Å²) in [6, 6.07) is 4.94. The number of anilines is 2. The highest BCUT2D eigenvalue weighted by Gasteiger charge is 2.30. The lowest BCUT2D eigenvalue weighted by Crippen LogP contribution is -2.41. The van der Waals surface area contributed by atoms with Gasteiger partial charge in [0.2, 0.25) is 5.91 Å². The minimum atomic E-state index is -4.47. The fraction of sp³-hybridized carbons (Fsp3) is 0.421. The van der Waals surface area contributed by atoms with Crippen molar-refractivity contribution in [3.8, 4) is 0 Å². The normalized spacial score (nSPS) is 11.2. The Hall–Kier alpha value is -3.08. The van der Waals surface area contributed by atoms with E-state index in [2.05, 4.69) is 15.8 Å². The summed E-state index contributed by atoms with van der Waals surface area (Å²) in [5.74, 6) is 0.233. The summed E-state index contributed by atoms with van der Waals surface area (Å²) in [7, 11) is 0. The molecule has 8 nitrogen and oxygen atoms in total. The van der Waals surface area contributed by atoms with Crippen LogP contribution in [0.3, 0.4) is 0 Å². The number of rotatable bonds is 9. The van der Waals surface area contributed by atoms with Gasteiger partial charge in [0.15, 0.2) is 5.82 Å². The third-order valence-electron chi connectivity index (χ3n) is 3.90. The molecule has 0 aliphatic carbocycles. The lowest BCUT2D eigenvalue weighted by Gasteiger charge is -2.22. The maximum absolute atomic E-state index is 12.7. The Bertz CT molecular complexity index is 837. The average molecular weight is 428 g/mol. The summed E-state index contributed by atoms with van der Waals surface area (Å²) in [6.45, 7) is 4.33. The maximum Gasteiger partial charge on any atom is 0.416 e. The lowest BCUT2D eigenvalue weighted by atomic mass is 10.2. The molecule has 0 radical (unpaired) electrons. The van der Waals surface area contributed by atoms with Crippen LogP contribution in [0.4, 0.5) is 29.5 Å². The van der Waals surface area contributed by atoms with Crippen molar-refractivity contribution in [2.75, 3.05) is 36.9 Å². The number of carbonyl (C=O) groups excluding carboxylic acids is 2. The molecular weight excluding hydrogens is 405 g/mol. The summed E-state index contributed by atoms with van der Waals surface area (Å²) >= 11 is 0. The lowest BCUT2D eigenvalue weighted by molar-refractivity contribution is -0.137. The number of aryl methyl sites for hydroxylation is 1. The molecule has 2 N–H and O–H groups in total. The third kappa shape index (κ3) is 7.39. The van der Waals surface area contributed by atoms with Gasteiger partial charge in [-0.25, -0.2) is 4.79 Å². The number of carbonyl (C=O) groups is 2. The van der Waals surface area contributed by atoms with Gasteiger partial charge >= 0.3 is 12.2 Å². The molecule has 0 saturated carbocycles. The van der Waals surface area contributed by atoms with E-state index in [1.54, 1.807) is 6.92 Å². The Morgan fingerprint density at radius 1 is 1.20 bits per heavy atom. The zero-order valence-corrected chi connectivity index (χ0v) is 16.6. The van der Waals surface area contributed by atoms with Gasteiger partial charge in [0, 0.05) is 31.5 Å². The third-order valence-corrected chi connectivity index (χ3v) is 3.90. The van der Waals surface area contributed by atoms with Gasteiger partial charge < -0.3 is 24.8 Å². The quantitative estimate of drug-likeness (QED) is 0.591. The van der Waals surface area contributed by atoms with Gasteiger partial charge in [0.1, 0.15) is 12.3 Å². The zero-order valence-electron chi connectivity index (χ0n) is 16.6. The van der Waals surface area contributed by atoms with E-state index in [1.165, 1.54) is 11.0 Å². The summed E-state index contributed by atoms with van der Waals surface area (Å²) in [6.07, 6.45) is -3.99. The molecule has 2 rings (SSSR count). The number of halogens is 3. The van der Waals surface area contributed by atoms with E-state index in [4.69, 9.17) is 9.26 Å². The SMILES string of the molecule is CCOCCCN(CC(=O)Nc1cc(C)on1)C(=O)Nc1ccc(C(F)(F)F)cc1. The van der Waals surface area contributed by atoms with Crippen LogP contribution in [0.25, 0.3) is 0 Å². The molecule has 0 fully saturated rings. The monoisotopic (exact) mass is 428 g/mol. The molecule has 11 heteroatoms. The molecule has 1 aromatic heterocycles. The van der Waals surface area contributed by atoms with Crippen LogP contribution in [-0.4, -0.2) is 48.3 Å². The molecule has 0 unspecified atom stereocenters. The fourth-order valence-electron chi connectivity index (χ4n) is 2.48. The van der Waals surface area contributed by atoms with Crippen LogP contribution in [0.5, 0.6) is 0 Å². The summed E-state index contributed by atoms with van der Waals surface area (Å²) < 4.78 is 48.1. The number of alkyl halides is 3. The first-order chi connectivity index (χ1) is 14.2. The van der Waals surface area contributed by atoms with E-state index < -0.39 is 23.7 Å². The molecule has 164 valence electrons. The standard InChI is InChI=1S/C19H23F3N4O4/c1-3-29-10-4-9-26(12-17(27)24-16-11-13(2)30-25-16)18(28)23-15-7-5-14(6-8-15)19(20,21)22/h5-8,11H,3-4,9-10,12H2,1-2H3,(H,23,28)(H,24,25,27). The molecule has 1 aromatic carbocycles. The Labute approximate surface area is 171 Å². The highest BCUT2D eigenvalue weighted by Crippen LogP contribution is 2.29. The van der Waals surface area contributed by atoms with Gasteiger partial charge in [-0.15, -0.1) is 0 Å². The second kappa shape index (κ2) is 10.6. The van der Waals surface area contributed by atoms with E-state index in [1.807, 2.05) is 6.92 Å². The van der Waals surface area contributed by atoms with E-state index >= 15 is 0 Å². The van der Waals surface area contributed by atoms with Gasteiger partial charge in [0.05, 0.1) is 5.56 Å². The Balaban J connectivity index is 2.00. The number of nitrogens with zero attached hydrogens (tertiary/aromatic N) is 2. The smallest absolute Gasteiger partial charge is 0.382 e. The number of benzene rings is 1. The number of urea groups is 1. The van der Waals surface area contributed by atoms with Crippen LogP contribution < -0.4 is 10.6 Å². The van der Waals surface area contributed by atoms with Crippen molar-refractivity contribution in [3.63, 3.8) is 0 Å². The predicted molar refractivity (Wildman–Crippen MR) is 103 cm³/mol. The Morgan fingerprint density at radius 2 is 1.90 bits per heavy atom. The number of nitrogens with one attached hydrogen (secondary N) is 2. The number of aromatic nitrogens is 1. The average Bonchev–Trinajstić information content (AvgIpc) is 3.08. The van der Waals surface area contributed by atoms with Crippen molar-refractivity contribution in [3.05, 3.63) is 41.7 Å². The Morgan fingerprint density at radius 3 is 2.47 bits per heavy atom. The van der Waals surface area contributed by atoms with Crippen LogP contribution >= 0.6 is 0 Å². The van der Waals surface area contributed by atoms with E-state index in [0.29, 0.717) is 25.4 Å².